The van der Waals surface area contributed by atoms with Gasteiger partial charge in [-0.2, -0.15) is 0 Å². The third-order valence-electron chi connectivity index (χ3n) is 5.95. The Balaban J connectivity index is 1.44. The maximum absolute atomic E-state index is 14.2. The monoisotopic (exact) mass is 632 g/mol. The van der Waals surface area contributed by atoms with Gasteiger partial charge in [-0.05, 0) is 101 Å². The fraction of sp³-hybridized carbons (Fsp3) is 0.179. The van der Waals surface area contributed by atoms with Gasteiger partial charge in [0.05, 0.1) is 24.2 Å². The highest BCUT2D eigenvalue weighted by Crippen LogP contribution is 2.36. The molecule has 1 fully saturated rings. The van der Waals surface area contributed by atoms with Gasteiger partial charge >= 0.3 is 0 Å². The molecule has 1 aliphatic heterocycles. The van der Waals surface area contributed by atoms with E-state index in [-0.39, 0.29) is 34.6 Å². The van der Waals surface area contributed by atoms with Crippen LogP contribution in [0.25, 0.3) is 6.08 Å². The van der Waals surface area contributed by atoms with Crippen molar-refractivity contribution in [2.24, 2.45) is 0 Å². The normalized spacial score (nSPS) is 14.2. The molecule has 0 aliphatic carbocycles. The van der Waals surface area contributed by atoms with Crippen molar-refractivity contribution in [3.63, 3.8) is 0 Å². The maximum atomic E-state index is 14.2. The molecule has 0 radical (unpaired) electrons. The summed E-state index contributed by atoms with van der Waals surface area (Å²) in [5.41, 5.74) is 3.41. The van der Waals surface area contributed by atoms with Crippen LogP contribution in [0, 0.1) is 19.7 Å². The van der Waals surface area contributed by atoms with Gasteiger partial charge in [0.15, 0.2) is 18.1 Å². The average molecular weight is 634 g/mol. The predicted octanol–water partition coefficient (Wildman–Crippen LogP) is 7.12. The zero-order chi connectivity index (χ0) is 28.3. The standard InChI is InChI=1S/C28H23BrClFN2O5S/c1-15-9-19(29)22(10-16(15)2)32-26(34)14-38-23-8-7-17(11-24(23)37-3)12-25-27(35)33(28(36)39-25)13-18-20(30)5-4-6-21(18)31/h4-12H,13-14H2,1-3H3,(H,32,34)/b25-12-. The van der Waals surface area contributed by atoms with Crippen LogP contribution in [0.4, 0.5) is 14.9 Å². The van der Waals surface area contributed by atoms with Crippen LogP contribution in [0.15, 0.2) is 57.9 Å². The highest BCUT2D eigenvalue weighted by atomic mass is 79.9. The van der Waals surface area contributed by atoms with Crippen molar-refractivity contribution in [2.45, 2.75) is 20.4 Å². The van der Waals surface area contributed by atoms with Crippen molar-refractivity contribution < 1.29 is 28.2 Å². The molecule has 3 amide bonds. The summed E-state index contributed by atoms with van der Waals surface area (Å²) in [4.78, 5) is 39.0. The number of ether oxygens (including phenoxy) is 2. The number of imide groups is 1. The summed E-state index contributed by atoms with van der Waals surface area (Å²) in [6.07, 6.45) is 1.53. The first kappa shape index (κ1) is 28.7. The number of anilines is 1. The Kier molecular flexibility index (Phi) is 8.99. The molecule has 1 N–H and O–H groups in total. The molecule has 7 nitrogen and oxygen atoms in total. The number of hydrogen-bond donors (Lipinski definition) is 1. The summed E-state index contributed by atoms with van der Waals surface area (Å²) in [5, 5.41) is 2.42. The maximum Gasteiger partial charge on any atom is 0.293 e. The molecule has 0 atom stereocenters. The topological polar surface area (TPSA) is 84.9 Å². The molecule has 0 saturated carbocycles. The van der Waals surface area contributed by atoms with E-state index in [2.05, 4.69) is 21.2 Å². The summed E-state index contributed by atoms with van der Waals surface area (Å²) in [6, 6.07) is 12.9. The van der Waals surface area contributed by atoms with E-state index in [0.717, 1.165) is 32.3 Å². The zero-order valence-electron chi connectivity index (χ0n) is 21.1. The average Bonchev–Trinajstić information content (AvgIpc) is 3.15. The molecule has 202 valence electrons. The molecule has 1 saturated heterocycles. The Morgan fingerprint density at radius 2 is 1.87 bits per heavy atom. The van der Waals surface area contributed by atoms with Gasteiger partial charge in [-0.3, -0.25) is 19.3 Å². The zero-order valence-corrected chi connectivity index (χ0v) is 24.3. The van der Waals surface area contributed by atoms with Gasteiger partial charge in [0.25, 0.3) is 17.1 Å². The molecule has 3 aromatic carbocycles. The molecule has 11 heteroatoms. The van der Waals surface area contributed by atoms with E-state index in [0.29, 0.717) is 22.7 Å². The molecule has 1 heterocycles. The van der Waals surface area contributed by atoms with Crippen LogP contribution >= 0.6 is 39.3 Å². The van der Waals surface area contributed by atoms with Gasteiger partial charge in [-0.15, -0.1) is 0 Å². The minimum absolute atomic E-state index is 0.0693. The minimum Gasteiger partial charge on any atom is -0.493 e. The molecule has 39 heavy (non-hydrogen) atoms. The predicted molar refractivity (Wildman–Crippen MR) is 154 cm³/mol. The van der Waals surface area contributed by atoms with Gasteiger partial charge in [0.2, 0.25) is 0 Å². The molecular weight excluding hydrogens is 611 g/mol. The van der Waals surface area contributed by atoms with Crippen molar-refractivity contribution in [1.82, 2.24) is 4.90 Å². The van der Waals surface area contributed by atoms with Crippen LogP contribution in [-0.4, -0.2) is 35.7 Å². The van der Waals surface area contributed by atoms with E-state index in [4.69, 9.17) is 21.1 Å². The van der Waals surface area contributed by atoms with Crippen molar-refractivity contribution in [3.8, 4) is 11.5 Å². The van der Waals surface area contributed by atoms with E-state index >= 15 is 0 Å². The van der Waals surface area contributed by atoms with Crippen LogP contribution in [0.3, 0.4) is 0 Å². The molecule has 0 bridgehead atoms. The summed E-state index contributed by atoms with van der Waals surface area (Å²) in [6.45, 7) is 3.41. The number of methoxy groups -OCH3 is 1. The number of benzene rings is 3. The van der Waals surface area contributed by atoms with Gasteiger partial charge in [0.1, 0.15) is 5.82 Å². The van der Waals surface area contributed by atoms with E-state index in [1.807, 2.05) is 26.0 Å². The smallest absolute Gasteiger partial charge is 0.293 e. The van der Waals surface area contributed by atoms with E-state index < -0.39 is 17.0 Å². The Hall–Kier alpha value is -3.34. The summed E-state index contributed by atoms with van der Waals surface area (Å²) >= 11 is 10.3. The van der Waals surface area contributed by atoms with Crippen molar-refractivity contribution >= 4 is 68.1 Å². The highest BCUT2D eigenvalue weighted by molar-refractivity contribution is 9.10. The number of hydrogen-bond acceptors (Lipinski definition) is 6. The van der Waals surface area contributed by atoms with Gasteiger partial charge in [-0.25, -0.2) is 4.39 Å². The molecule has 1 aliphatic rings. The number of nitrogens with one attached hydrogen (secondary N) is 1. The van der Waals surface area contributed by atoms with E-state index in [9.17, 15) is 18.8 Å². The number of halogens is 3. The first-order chi connectivity index (χ1) is 18.6. The molecule has 0 unspecified atom stereocenters. The van der Waals surface area contributed by atoms with Gasteiger partial charge < -0.3 is 14.8 Å². The fourth-order valence-electron chi connectivity index (χ4n) is 3.73. The van der Waals surface area contributed by atoms with E-state index in [1.165, 1.54) is 31.4 Å². The second-order valence-corrected chi connectivity index (χ2v) is 10.9. The van der Waals surface area contributed by atoms with Crippen molar-refractivity contribution in [2.75, 3.05) is 19.0 Å². The number of nitrogens with zero attached hydrogens (tertiary/aromatic N) is 1. The Labute approximate surface area is 242 Å². The molecule has 0 spiro atoms. The lowest BCUT2D eigenvalue weighted by Crippen LogP contribution is -2.28. The SMILES string of the molecule is COc1cc(/C=C2\SC(=O)N(Cc3c(F)cccc3Cl)C2=O)ccc1OCC(=O)Nc1cc(C)c(C)cc1Br. The lowest BCUT2D eigenvalue weighted by molar-refractivity contribution is -0.123. The number of rotatable bonds is 8. The molecule has 3 aromatic rings. The lowest BCUT2D eigenvalue weighted by atomic mass is 10.1. The number of thioether (sulfide) groups is 1. The van der Waals surface area contributed by atoms with Crippen LogP contribution in [0.5, 0.6) is 11.5 Å². The Bertz CT molecular complexity index is 1490. The molecule has 4 rings (SSSR count). The van der Waals surface area contributed by atoms with Crippen molar-refractivity contribution in [3.05, 3.63) is 91.0 Å². The quantitative estimate of drug-likeness (QED) is 0.266. The second-order valence-electron chi connectivity index (χ2n) is 8.63. The largest absolute Gasteiger partial charge is 0.493 e. The third kappa shape index (κ3) is 6.63. The molecular formula is C28H23BrClFN2O5S. The summed E-state index contributed by atoms with van der Waals surface area (Å²) < 4.78 is 26.0. The molecule has 0 aromatic heterocycles. The first-order valence-corrected chi connectivity index (χ1v) is 13.6. The van der Waals surface area contributed by atoms with Crippen molar-refractivity contribution in [1.29, 1.82) is 0 Å². The van der Waals surface area contributed by atoms with Gasteiger partial charge in [0, 0.05) is 15.1 Å². The van der Waals surface area contributed by atoms with Crippen LogP contribution < -0.4 is 14.8 Å². The van der Waals surface area contributed by atoms with Crippen LogP contribution in [0.2, 0.25) is 5.02 Å². The Morgan fingerprint density at radius 1 is 1.13 bits per heavy atom. The van der Waals surface area contributed by atoms with Crippen LogP contribution in [0.1, 0.15) is 22.3 Å². The van der Waals surface area contributed by atoms with E-state index in [1.54, 1.807) is 18.2 Å². The minimum atomic E-state index is -0.596. The van der Waals surface area contributed by atoms with Gasteiger partial charge in [-0.1, -0.05) is 23.7 Å². The fourth-order valence-corrected chi connectivity index (χ4v) is 5.35. The first-order valence-electron chi connectivity index (χ1n) is 11.6. The number of aryl methyl sites for hydroxylation is 2. The Morgan fingerprint density at radius 3 is 2.59 bits per heavy atom. The number of carbonyl (C=O) groups excluding carboxylic acids is 3. The third-order valence-corrected chi connectivity index (χ3v) is 7.87. The second kappa shape index (κ2) is 12.2. The lowest BCUT2D eigenvalue weighted by Gasteiger charge is -2.14. The summed E-state index contributed by atoms with van der Waals surface area (Å²) in [5.74, 6) is -0.847. The number of carbonyl (C=O) groups is 3. The number of amides is 3. The van der Waals surface area contributed by atoms with Crippen LogP contribution in [-0.2, 0) is 16.1 Å². The highest BCUT2D eigenvalue weighted by Gasteiger charge is 2.36. The summed E-state index contributed by atoms with van der Waals surface area (Å²) in [7, 11) is 1.45.